The van der Waals surface area contributed by atoms with Gasteiger partial charge in [-0.3, -0.25) is 9.59 Å². The fraction of sp³-hybridized carbons (Fsp3) is 0.250. The van der Waals surface area contributed by atoms with Crippen LogP contribution in [0.25, 0.3) is 0 Å². The molecule has 1 atom stereocenters. The number of hydrogen-bond acceptors (Lipinski definition) is 4. The van der Waals surface area contributed by atoms with Crippen LogP contribution >= 0.6 is 0 Å². The number of anilines is 1. The van der Waals surface area contributed by atoms with Gasteiger partial charge in [0.25, 0.3) is 11.8 Å². The van der Waals surface area contributed by atoms with Crippen LogP contribution in [0.15, 0.2) is 47.1 Å². The number of furan rings is 1. The maximum Gasteiger partial charge on any atom is 0.291 e. The van der Waals surface area contributed by atoms with E-state index in [9.17, 15) is 9.59 Å². The number of ether oxygens (including phenoxy) is 1. The lowest BCUT2D eigenvalue weighted by Gasteiger charge is -2.13. The summed E-state index contributed by atoms with van der Waals surface area (Å²) >= 11 is 0. The van der Waals surface area contributed by atoms with Crippen molar-refractivity contribution in [3.63, 3.8) is 0 Å². The van der Waals surface area contributed by atoms with Crippen LogP contribution in [-0.2, 0) is 4.74 Å². The van der Waals surface area contributed by atoms with E-state index in [4.69, 9.17) is 9.15 Å². The fourth-order valence-corrected chi connectivity index (χ4v) is 1.90. The average Bonchev–Trinajstić information content (AvgIpc) is 3.02. The highest BCUT2D eigenvalue weighted by Gasteiger charge is 2.11. The summed E-state index contributed by atoms with van der Waals surface area (Å²) in [6.45, 7) is 2.31. The smallest absolute Gasteiger partial charge is 0.291 e. The summed E-state index contributed by atoms with van der Waals surface area (Å²) in [6.07, 6.45) is 1.43. The molecule has 2 rings (SSSR count). The van der Waals surface area contributed by atoms with Crippen molar-refractivity contribution in [2.24, 2.45) is 0 Å². The summed E-state index contributed by atoms with van der Waals surface area (Å²) in [4.78, 5) is 23.8. The molecule has 116 valence electrons. The number of amides is 2. The molecule has 22 heavy (non-hydrogen) atoms. The van der Waals surface area contributed by atoms with Crippen molar-refractivity contribution in [2.45, 2.75) is 13.0 Å². The lowest BCUT2D eigenvalue weighted by atomic mass is 10.2. The Kier molecular flexibility index (Phi) is 5.32. The molecule has 0 radical (unpaired) electrons. The predicted molar refractivity (Wildman–Crippen MR) is 81.9 cm³/mol. The van der Waals surface area contributed by atoms with E-state index in [1.54, 1.807) is 43.5 Å². The van der Waals surface area contributed by atoms with E-state index in [0.717, 1.165) is 0 Å². The Bertz CT molecular complexity index is 620. The van der Waals surface area contributed by atoms with Crippen LogP contribution < -0.4 is 10.6 Å². The second-order valence-electron chi connectivity index (χ2n) is 4.84. The Morgan fingerprint density at radius 1 is 1.18 bits per heavy atom. The van der Waals surface area contributed by atoms with Gasteiger partial charge in [0.15, 0.2) is 5.76 Å². The van der Waals surface area contributed by atoms with Gasteiger partial charge in [-0.1, -0.05) is 0 Å². The van der Waals surface area contributed by atoms with Crippen molar-refractivity contribution in [3.05, 3.63) is 54.0 Å². The predicted octanol–water partition coefficient (Wildman–Crippen LogP) is 2.30. The van der Waals surface area contributed by atoms with E-state index < -0.39 is 0 Å². The molecule has 0 fully saturated rings. The first kappa shape index (κ1) is 15.8. The highest BCUT2D eigenvalue weighted by molar-refractivity contribution is 6.02. The molecule has 2 aromatic rings. The van der Waals surface area contributed by atoms with Gasteiger partial charge >= 0.3 is 0 Å². The zero-order chi connectivity index (χ0) is 15.9. The molecular weight excluding hydrogens is 284 g/mol. The third-order valence-corrected chi connectivity index (χ3v) is 2.94. The molecule has 1 heterocycles. The summed E-state index contributed by atoms with van der Waals surface area (Å²) in [5.74, 6) is -0.292. The summed E-state index contributed by atoms with van der Waals surface area (Å²) in [7, 11) is 1.58. The van der Waals surface area contributed by atoms with Crippen LogP contribution in [0.3, 0.4) is 0 Å². The maximum atomic E-state index is 12.0. The molecule has 0 saturated heterocycles. The first-order valence-electron chi connectivity index (χ1n) is 6.85. The molecule has 1 aromatic carbocycles. The quantitative estimate of drug-likeness (QED) is 0.858. The van der Waals surface area contributed by atoms with Crippen LogP contribution in [-0.4, -0.2) is 31.6 Å². The van der Waals surface area contributed by atoms with E-state index in [2.05, 4.69) is 10.6 Å². The Balaban J connectivity index is 1.95. The largest absolute Gasteiger partial charge is 0.459 e. The van der Waals surface area contributed by atoms with E-state index in [0.29, 0.717) is 17.9 Å². The summed E-state index contributed by atoms with van der Waals surface area (Å²) in [5, 5.41) is 5.50. The van der Waals surface area contributed by atoms with Crippen molar-refractivity contribution >= 4 is 17.5 Å². The minimum atomic E-state index is -0.337. The van der Waals surface area contributed by atoms with Gasteiger partial charge in [-0.2, -0.15) is 0 Å². The fourth-order valence-electron chi connectivity index (χ4n) is 1.90. The summed E-state index contributed by atoms with van der Waals surface area (Å²) < 4.78 is 9.98. The Morgan fingerprint density at radius 3 is 2.50 bits per heavy atom. The van der Waals surface area contributed by atoms with Crippen LogP contribution in [0.5, 0.6) is 0 Å². The second-order valence-corrected chi connectivity index (χ2v) is 4.84. The number of methoxy groups -OCH3 is 1. The van der Waals surface area contributed by atoms with E-state index in [1.807, 2.05) is 6.92 Å². The molecule has 1 aromatic heterocycles. The molecule has 0 aliphatic rings. The summed E-state index contributed by atoms with van der Waals surface area (Å²) in [5.41, 5.74) is 1.10. The Labute approximate surface area is 128 Å². The van der Waals surface area contributed by atoms with E-state index in [-0.39, 0.29) is 23.6 Å². The van der Waals surface area contributed by atoms with Crippen LogP contribution in [0.1, 0.15) is 27.8 Å². The maximum absolute atomic E-state index is 12.0. The van der Waals surface area contributed by atoms with Gasteiger partial charge in [-0.25, -0.2) is 0 Å². The first-order chi connectivity index (χ1) is 10.6. The molecule has 2 amide bonds. The van der Waals surface area contributed by atoms with Gasteiger partial charge in [-0.15, -0.1) is 0 Å². The number of benzene rings is 1. The molecule has 6 nitrogen and oxygen atoms in total. The standard InChI is InChI=1S/C16H18N2O4/c1-11(10-21-2)17-15(19)12-5-7-13(8-6-12)18-16(20)14-4-3-9-22-14/h3-9,11H,10H2,1-2H3,(H,17,19)(H,18,20). The van der Waals surface area contributed by atoms with Gasteiger partial charge in [0, 0.05) is 24.4 Å². The lowest BCUT2D eigenvalue weighted by molar-refractivity contribution is 0.0905. The number of carbonyl (C=O) groups is 2. The topological polar surface area (TPSA) is 80.6 Å². The molecular formula is C16H18N2O4. The molecule has 1 unspecified atom stereocenters. The van der Waals surface area contributed by atoms with Crippen molar-refractivity contribution < 1.29 is 18.7 Å². The van der Waals surface area contributed by atoms with Gasteiger partial charge in [-0.05, 0) is 43.3 Å². The molecule has 2 N–H and O–H groups in total. The van der Waals surface area contributed by atoms with Crippen LogP contribution in [0.4, 0.5) is 5.69 Å². The molecule has 0 spiro atoms. The van der Waals surface area contributed by atoms with Crippen molar-refractivity contribution in [1.82, 2.24) is 5.32 Å². The number of rotatable bonds is 6. The SMILES string of the molecule is COCC(C)NC(=O)c1ccc(NC(=O)c2ccco2)cc1. The number of hydrogen-bond donors (Lipinski definition) is 2. The molecule has 0 bridgehead atoms. The zero-order valence-corrected chi connectivity index (χ0v) is 12.5. The number of nitrogens with one attached hydrogen (secondary N) is 2. The van der Waals surface area contributed by atoms with E-state index >= 15 is 0 Å². The van der Waals surface area contributed by atoms with Gasteiger partial charge in [0.1, 0.15) is 0 Å². The second kappa shape index (κ2) is 7.42. The Hall–Kier alpha value is -2.60. The third-order valence-electron chi connectivity index (χ3n) is 2.94. The number of carbonyl (C=O) groups excluding carboxylic acids is 2. The van der Waals surface area contributed by atoms with Crippen LogP contribution in [0, 0.1) is 0 Å². The lowest BCUT2D eigenvalue weighted by Crippen LogP contribution is -2.35. The summed E-state index contributed by atoms with van der Waals surface area (Å²) in [6, 6.07) is 9.76. The van der Waals surface area contributed by atoms with Crippen molar-refractivity contribution in [1.29, 1.82) is 0 Å². The zero-order valence-electron chi connectivity index (χ0n) is 12.5. The van der Waals surface area contributed by atoms with Gasteiger partial charge in [0.05, 0.1) is 12.9 Å². The van der Waals surface area contributed by atoms with E-state index in [1.165, 1.54) is 6.26 Å². The Morgan fingerprint density at radius 2 is 1.91 bits per heavy atom. The highest BCUT2D eigenvalue weighted by atomic mass is 16.5. The average molecular weight is 302 g/mol. The van der Waals surface area contributed by atoms with Gasteiger partial charge in [0.2, 0.25) is 0 Å². The molecule has 0 aliphatic carbocycles. The van der Waals surface area contributed by atoms with Crippen LogP contribution in [0.2, 0.25) is 0 Å². The minimum absolute atomic E-state index is 0.0733. The molecule has 0 saturated carbocycles. The third kappa shape index (κ3) is 4.20. The van der Waals surface area contributed by atoms with Crippen molar-refractivity contribution in [3.8, 4) is 0 Å². The minimum Gasteiger partial charge on any atom is -0.459 e. The molecule has 6 heteroatoms. The van der Waals surface area contributed by atoms with Crippen molar-refractivity contribution in [2.75, 3.05) is 19.0 Å². The monoisotopic (exact) mass is 302 g/mol. The molecule has 0 aliphatic heterocycles. The normalized spacial score (nSPS) is 11.7. The highest BCUT2D eigenvalue weighted by Crippen LogP contribution is 2.12. The van der Waals surface area contributed by atoms with Gasteiger partial charge < -0.3 is 19.8 Å². The first-order valence-corrected chi connectivity index (χ1v) is 6.85.